The van der Waals surface area contributed by atoms with E-state index in [0.717, 1.165) is 35.8 Å². The summed E-state index contributed by atoms with van der Waals surface area (Å²) in [7, 11) is 2.90. The standard InChI is InChI=1S/C20H20ClN5O2.C13H4.C10H12ClN.C10H10N4O3.CH4/c1-13-10-26(12-24-13)17-19(28-2)25-16(9-22-17)18(27)23-11-20(7-8-20)14-3-5-15(21)6-4-14;1-3-5-7-9-11-13-12-10-8-6-4-2;11-9-3-1-8(2-4-9)10(7-12)5-6-10;1-6-4-14(5-12-6)8-9(17-2)13-7(3-11-8)10(15)16;/h3-6,9-10,12H,7-8,11H2,1-2H3,(H,23,27);1H,2H3;1-4H,5-7,12H2;3-5H,1-2H3,(H,15,16);1H4. The van der Waals surface area contributed by atoms with E-state index in [1.807, 2.05) is 56.4 Å². The van der Waals surface area contributed by atoms with Crippen LogP contribution in [0, 0.1) is 85.4 Å². The molecular formula is C54H50Cl2N10O5. The van der Waals surface area contributed by atoms with Crippen molar-refractivity contribution in [3.63, 3.8) is 0 Å². The van der Waals surface area contributed by atoms with Gasteiger partial charge in [-0.1, -0.05) is 60.8 Å². The maximum Gasteiger partial charge on any atom is 0.356 e. The van der Waals surface area contributed by atoms with Crippen LogP contribution in [0.5, 0.6) is 11.8 Å². The molecule has 2 aliphatic rings. The third-order valence-corrected chi connectivity index (χ3v) is 11.0. The van der Waals surface area contributed by atoms with E-state index in [9.17, 15) is 9.59 Å². The summed E-state index contributed by atoms with van der Waals surface area (Å²) in [6.45, 7) is 6.72. The van der Waals surface area contributed by atoms with E-state index in [0.29, 0.717) is 28.6 Å². The number of aromatic carboxylic acids is 1. The zero-order valence-electron chi connectivity index (χ0n) is 38.9. The van der Waals surface area contributed by atoms with E-state index in [-0.39, 0.29) is 41.9 Å². The summed E-state index contributed by atoms with van der Waals surface area (Å²) in [5.41, 5.74) is 10.2. The highest BCUT2D eigenvalue weighted by molar-refractivity contribution is 6.30. The molecule has 2 aromatic carbocycles. The quantitative estimate of drug-likeness (QED) is 0.109. The number of carboxylic acid groups (broad SMARTS) is 1. The van der Waals surface area contributed by atoms with Gasteiger partial charge in [0, 0.05) is 46.4 Å². The summed E-state index contributed by atoms with van der Waals surface area (Å²) in [4.78, 5) is 48.1. The van der Waals surface area contributed by atoms with Crippen molar-refractivity contribution in [3.8, 4) is 94.9 Å². The fraction of sp³-hybridized carbons (Fsp3) is 0.259. The number of nitrogens with one attached hydrogen (secondary N) is 1. The zero-order valence-corrected chi connectivity index (χ0v) is 40.4. The molecular weight excluding hydrogens is 940 g/mol. The van der Waals surface area contributed by atoms with Gasteiger partial charge in [0.15, 0.2) is 11.4 Å². The number of nitrogens with zero attached hydrogens (tertiary/aromatic N) is 8. The molecule has 71 heavy (non-hydrogen) atoms. The molecule has 1 amide bonds. The first-order chi connectivity index (χ1) is 33.8. The molecule has 4 N–H and O–H groups in total. The highest BCUT2D eigenvalue weighted by atomic mass is 35.5. The van der Waals surface area contributed by atoms with Crippen LogP contribution in [-0.4, -0.2) is 83.3 Å². The van der Waals surface area contributed by atoms with Crippen molar-refractivity contribution in [1.82, 2.24) is 44.4 Å². The van der Waals surface area contributed by atoms with Crippen molar-refractivity contribution in [2.45, 2.75) is 64.7 Å². The molecule has 4 aromatic heterocycles. The smallest absolute Gasteiger partial charge is 0.356 e. The number of benzene rings is 2. The van der Waals surface area contributed by atoms with Gasteiger partial charge < -0.3 is 25.6 Å². The van der Waals surface area contributed by atoms with Gasteiger partial charge in [0.25, 0.3) is 17.7 Å². The maximum atomic E-state index is 12.6. The fourth-order valence-electron chi connectivity index (χ4n) is 6.39. The van der Waals surface area contributed by atoms with Crippen molar-refractivity contribution in [1.29, 1.82) is 0 Å². The third kappa shape index (κ3) is 16.0. The van der Waals surface area contributed by atoms with Crippen molar-refractivity contribution >= 4 is 35.1 Å². The van der Waals surface area contributed by atoms with Gasteiger partial charge >= 0.3 is 5.97 Å². The number of carboxylic acids is 1. The largest absolute Gasteiger partial charge is 0.478 e. The number of rotatable bonds is 11. The molecule has 0 saturated heterocycles. The average molecular weight is 990 g/mol. The molecule has 0 bridgehead atoms. The van der Waals surface area contributed by atoms with E-state index < -0.39 is 5.97 Å². The van der Waals surface area contributed by atoms with Crippen molar-refractivity contribution < 1.29 is 24.2 Å². The Labute approximate surface area is 424 Å². The number of halogens is 2. The SMILES string of the molecule is C.C#CC#CC#CC#CC#CC#CC.COc1nc(C(=O)NCC2(c3ccc(Cl)cc3)CC2)cnc1-n1cnc(C)c1.COc1nc(C(=O)O)cnc1-n1cnc(C)c1.NCC1(c2ccc(Cl)cc2)CC1. The Morgan fingerprint density at radius 1 is 0.704 bits per heavy atom. The Morgan fingerprint density at radius 3 is 1.51 bits per heavy atom. The molecule has 4 heterocycles. The van der Waals surface area contributed by atoms with E-state index in [1.165, 1.54) is 50.6 Å². The summed E-state index contributed by atoms with van der Waals surface area (Å²) in [6.07, 6.45) is 18.7. The Bertz CT molecular complexity index is 3180. The molecule has 8 rings (SSSR count). The van der Waals surface area contributed by atoms with E-state index in [1.54, 1.807) is 34.9 Å². The minimum absolute atomic E-state index is 0. The number of hydrogen-bond acceptors (Lipinski definition) is 11. The van der Waals surface area contributed by atoms with Crippen LogP contribution in [-0.2, 0) is 10.8 Å². The second kappa shape index (κ2) is 26.9. The Kier molecular flexibility index (Phi) is 20.8. The van der Waals surface area contributed by atoms with E-state index >= 15 is 0 Å². The second-order valence-corrected chi connectivity index (χ2v) is 16.2. The second-order valence-electron chi connectivity index (χ2n) is 15.3. The molecule has 0 aliphatic heterocycles. The summed E-state index contributed by atoms with van der Waals surface area (Å²) >= 11 is 11.8. The van der Waals surface area contributed by atoms with Crippen LogP contribution in [0.1, 0.15) is 83.5 Å². The van der Waals surface area contributed by atoms with Gasteiger partial charge in [0.05, 0.1) is 38.0 Å². The molecule has 17 heteroatoms. The minimum Gasteiger partial charge on any atom is -0.478 e. The van der Waals surface area contributed by atoms with Crippen LogP contribution in [0.2, 0.25) is 10.0 Å². The average Bonchev–Trinajstić information content (AvgIpc) is 4.27. The van der Waals surface area contributed by atoms with Crippen LogP contribution < -0.4 is 20.5 Å². The Hall–Kier alpha value is -8.54. The van der Waals surface area contributed by atoms with Crippen molar-refractivity contribution in [3.05, 3.63) is 130 Å². The van der Waals surface area contributed by atoms with Crippen LogP contribution in [0.15, 0.2) is 86.0 Å². The van der Waals surface area contributed by atoms with Crippen LogP contribution in [0.4, 0.5) is 0 Å². The molecule has 6 aromatic rings. The lowest BCUT2D eigenvalue weighted by atomic mass is 9.96. The summed E-state index contributed by atoms with van der Waals surface area (Å²) in [5, 5.41) is 13.3. The first-order valence-electron chi connectivity index (χ1n) is 21.3. The lowest BCUT2D eigenvalue weighted by molar-refractivity contribution is 0.0688. The minimum atomic E-state index is -1.15. The summed E-state index contributed by atoms with van der Waals surface area (Å²) in [6, 6.07) is 15.8. The number of hydrogen-bond donors (Lipinski definition) is 3. The van der Waals surface area contributed by atoms with Crippen LogP contribution in [0.3, 0.4) is 0 Å². The molecule has 2 saturated carbocycles. The Morgan fingerprint density at radius 2 is 1.13 bits per heavy atom. The first kappa shape index (κ1) is 55.1. The van der Waals surface area contributed by atoms with E-state index in [4.69, 9.17) is 49.9 Å². The van der Waals surface area contributed by atoms with Gasteiger partial charge in [-0.15, -0.1) is 6.42 Å². The number of nitrogens with two attached hydrogens (primary N) is 1. The number of aromatic nitrogens is 8. The lowest BCUT2D eigenvalue weighted by Gasteiger charge is -2.17. The molecule has 2 aliphatic carbocycles. The number of methoxy groups -OCH3 is 2. The van der Waals surface area contributed by atoms with Gasteiger partial charge in [-0.2, -0.15) is 0 Å². The van der Waals surface area contributed by atoms with E-state index in [2.05, 4.69) is 112 Å². The van der Waals surface area contributed by atoms with Gasteiger partial charge in [-0.25, -0.2) is 34.7 Å². The maximum absolute atomic E-state index is 12.6. The highest BCUT2D eigenvalue weighted by Gasteiger charge is 2.44. The van der Waals surface area contributed by atoms with Crippen LogP contribution in [0.25, 0.3) is 11.6 Å². The number of aryl methyl sites for hydroxylation is 2. The molecule has 15 nitrogen and oxygen atoms in total. The van der Waals surface area contributed by atoms with Gasteiger partial charge in [0.1, 0.15) is 12.7 Å². The topological polar surface area (TPSA) is 198 Å². The third-order valence-electron chi connectivity index (χ3n) is 10.5. The summed E-state index contributed by atoms with van der Waals surface area (Å²) in [5.74, 6) is 26.8. The fourth-order valence-corrected chi connectivity index (χ4v) is 6.64. The number of terminal acetylenes is 1. The molecule has 0 radical (unpaired) electrons. The number of imidazole rings is 2. The number of carbonyl (C=O) groups is 2. The molecule has 0 spiro atoms. The van der Waals surface area contributed by atoms with Gasteiger partial charge in [-0.05, 0) is 141 Å². The normalized spacial score (nSPS) is 12.1. The monoisotopic (exact) mass is 988 g/mol. The van der Waals surface area contributed by atoms with Crippen LogP contribution >= 0.6 is 23.2 Å². The molecule has 0 unspecified atom stereocenters. The Balaban J connectivity index is 0.000000219. The molecule has 360 valence electrons. The first-order valence-corrected chi connectivity index (χ1v) is 22.0. The van der Waals surface area contributed by atoms with Crippen molar-refractivity contribution in [2.24, 2.45) is 5.73 Å². The molecule has 0 atom stereocenters. The van der Waals surface area contributed by atoms with Gasteiger partial charge in [0.2, 0.25) is 11.6 Å². The predicted molar refractivity (Wildman–Crippen MR) is 274 cm³/mol. The number of ether oxygens (including phenoxy) is 2. The highest BCUT2D eigenvalue weighted by Crippen LogP contribution is 2.48. The predicted octanol–water partition coefficient (Wildman–Crippen LogP) is 7.39. The number of amides is 1. The summed E-state index contributed by atoms with van der Waals surface area (Å²) < 4.78 is 13.7. The number of carbonyl (C=O) groups excluding carboxylic acids is 1. The van der Waals surface area contributed by atoms with Gasteiger partial charge in [-0.3, -0.25) is 13.9 Å². The zero-order chi connectivity index (χ0) is 50.5. The van der Waals surface area contributed by atoms with Crippen molar-refractivity contribution in [2.75, 3.05) is 27.3 Å². The molecule has 2 fully saturated rings. The lowest BCUT2D eigenvalue weighted by Crippen LogP contribution is -2.33.